The first-order valence-electron chi connectivity index (χ1n) is 8.12. The number of aryl methyl sites for hydroxylation is 1. The maximum atomic E-state index is 12.6. The van der Waals surface area contributed by atoms with Gasteiger partial charge in [-0.25, -0.2) is 4.98 Å². The lowest BCUT2D eigenvalue weighted by molar-refractivity contribution is -0.134. The summed E-state index contributed by atoms with van der Waals surface area (Å²) in [6.07, 6.45) is 4.25. The Labute approximate surface area is 131 Å². The van der Waals surface area contributed by atoms with E-state index in [1.165, 1.54) is 0 Å². The number of likely N-dealkylation sites (tertiary alicyclic amines) is 1. The molecule has 6 nitrogen and oxygen atoms in total. The lowest BCUT2D eigenvalue weighted by Crippen LogP contribution is -2.44. The molecule has 2 fully saturated rings. The Kier molecular flexibility index (Phi) is 4.09. The molecule has 6 heteroatoms. The van der Waals surface area contributed by atoms with Gasteiger partial charge >= 0.3 is 0 Å². The van der Waals surface area contributed by atoms with Crippen LogP contribution < -0.4 is 16.4 Å². The van der Waals surface area contributed by atoms with Gasteiger partial charge in [0.15, 0.2) is 0 Å². The number of nitrogens with two attached hydrogens (primary N) is 2. The Bertz CT molecular complexity index is 545. The van der Waals surface area contributed by atoms with Crippen molar-refractivity contribution in [3.8, 4) is 0 Å². The van der Waals surface area contributed by atoms with E-state index in [0.29, 0.717) is 17.4 Å². The topological polar surface area (TPSA) is 88.5 Å². The third kappa shape index (κ3) is 2.82. The summed E-state index contributed by atoms with van der Waals surface area (Å²) < 4.78 is 0. The lowest BCUT2D eigenvalue weighted by Gasteiger charge is -2.35. The summed E-state index contributed by atoms with van der Waals surface area (Å²) in [6.45, 7) is 5.42. The van der Waals surface area contributed by atoms with Gasteiger partial charge in [-0.15, -0.1) is 0 Å². The van der Waals surface area contributed by atoms with E-state index >= 15 is 0 Å². The Morgan fingerprint density at radius 2 is 1.95 bits per heavy atom. The monoisotopic (exact) mass is 303 g/mol. The molecule has 2 saturated heterocycles. The Morgan fingerprint density at radius 1 is 1.23 bits per heavy atom. The van der Waals surface area contributed by atoms with Crippen molar-refractivity contribution in [1.29, 1.82) is 0 Å². The molecule has 1 amide bonds. The highest BCUT2D eigenvalue weighted by Gasteiger charge is 2.31. The van der Waals surface area contributed by atoms with E-state index in [1.807, 2.05) is 17.9 Å². The zero-order valence-corrected chi connectivity index (χ0v) is 13.2. The van der Waals surface area contributed by atoms with E-state index in [-0.39, 0.29) is 5.92 Å². The van der Waals surface area contributed by atoms with Gasteiger partial charge < -0.3 is 21.3 Å². The molecule has 120 valence electrons. The number of carbonyl (C=O) groups excluding carboxylic acids is 1. The molecule has 2 aliphatic rings. The minimum absolute atomic E-state index is 0.0766. The van der Waals surface area contributed by atoms with Gasteiger partial charge in [-0.05, 0) is 44.2 Å². The molecule has 1 aromatic rings. The standard InChI is InChI=1S/C16H25N5O/c1-11-9-13(19-15(18)14(11)17)21-8-4-5-12(10-21)16(22)20-6-2-3-7-20/h9,12H,2-8,10,17H2,1H3,(H2,18,19)/t12-/m1/s1. The van der Waals surface area contributed by atoms with E-state index in [0.717, 1.165) is 63.2 Å². The molecule has 0 spiro atoms. The molecule has 1 atom stereocenters. The molecule has 3 heterocycles. The molecule has 0 radical (unpaired) electrons. The van der Waals surface area contributed by atoms with Gasteiger partial charge in [-0.3, -0.25) is 4.79 Å². The third-order valence-electron chi connectivity index (χ3n) is 4.79. The molecule has 0 aromatic carbocycles. The first-order chi connectivity index (χ1) is 10.6. The highest BCUT2D eigenvalue weighted by atomic mass is 16.2. The van der Waals surface area contributed by atoms with Crippen molar-refractivity contribution in [1.82, 2.24) is 9.88 Å². The number of anilines is 3. The SMILES string of the molecule is Cc1cc(N2CCC[C@@H](C(=O)N3CCCC3)C2)nc(N)c1N. The van der Waals surface area contributed by atoms with Crippen LogP contribution in [-0.4, -0.2) is 42.0 Å². The summed E-state index contributed by atoms with van der Waals surface area (Å²) in [5.41, 5.74) is 13.2. The zero-order valence-electron chi connectivity index (χ0n) is 13.2. The largest absolute Gasteiger partial charge is 0.396 e. The van der Waals surface area contributed by atoms with Gasteiger partial charge in [-0.1, -0.05) is 0 Å². The maximum Gasteiger partial charge on any atom is 0.227 e. The Balaban J connectivity index is 1.74. The molecule has 1 aromatic heterocycles. The number of carbonyl (C=O) groups is 1. The summed E-state index contributed by atoms with van der Waals surface area (Å²) >= 11 is 0. The second kappa shape index (κ2) is 6.02. The van der Waals surface area contributed by atoms with Crippen LogP contribution in [0.15, 0.2) is 6.07 Å². The normalized spacial score (nSPS) is 22.1. The number of rotatable bonds is 2. The van der Waals surface area contributed by atoms with Crippen molar-refractivity contribution in [3.05, 3.63) is 11.6 Å². The fourth-order valence-corrected chi connectivity index (χ4v) is 3.43. The molecular weight excluding hydrogens is 278 g/mol. The van der Waals surface area contributed by atoms with Crippen LogP contribution in [0.5, 0.6) is 0 Å². The number of amides is 1. The van der Waals surface area contributed by atoms with Gasteiger partial charge in [0.2, 0.25) is 5.91 Å². The maximum absolute atomic E-state index is 12.6. The fraction of sp³-hybridized carbons (Fsp3) is 0.625. The van der Waals surface area contributed by atoms with Crippen molar-refractivity contribution >= 4 is 23.2 Å². The van der Waals surface area contributed by atoms with Crippen molar-refractivity contribution < 1.29 is 4.79 Å². The third-order valence-corrected chi connectivity index (χ3v) is 4.79. The molecule has 0 bridgehead atoms. The van der Waals surface area contributed by atoms with Crippen LogP contribution in [0.1, 0.15) is 31.2 Å². The first kappa shape index (κ1) is 14.9. The summed E-state index contributed by atoms with van der Waals surface area (Å²) in [4.78, 5) is 21.2. The van der Waals surface area contributed by atoms with Gasteiger partial charge in [0.25, 0.3) is 0 Å². The summed E-state index contributed by atoms with van der Waals surface area (Å²) in [7, 11) is 0. The lowest BCUT2D eigenvalue weighted by atomic mass is 9.96. The predicted molar refractivity (Wildman–Crippen MR) is 88.5 cm³/mol. The Morgan fingerprint density at radius 3 is 2.64 bits per heavy atom. The number of pyridine rings is 1. The van der Waals surface area contributed by atoms with Crippen LogP contribution in [0, 0.1) is 12.8 Å². The van der Waals surface area contributed by atoms with Crippen molar-refractivity contribution in [2.24, 2.45) is 5.92 Å². The number of hydrogen-bond donors (Lipinski definition) is 2. The first-order valence-corrected chi connectivity index (χ1v) is 8.12. The number of piperidine rings is 1. The highest BCUT2D eigenvalue weighted by molar-refractivity contribution is 5.80. The highest BCUT2D eigenvalue weighted by Crippen LogP contribution is 2.28. The van der Waals surface area contributed by atoms with E-state index in [2.05, 4.69) is 9.88 Å². The second-order valence-corrected chi connectivity index (χ2v) is 6.41. The molecule has 22 heavy (non-hydrogen) atoms. The summed E-state index contributed by atoms with van der Waals surface area (Å²) in [6, 6.07) is 1.97. The molecule has 0 aliphatic carbocycles. The smallest absolute Gasteiger partial charge is 0.227 e. The van der Waals surface area contributed by atoms with Gasteiger partial charge in [0.05, 0.1) is 11.6 Å². The van der Waals surface area contributed by atoms with Gasteiger partial charge in [-0.2, -0.15) is 0 Å². The van der Waals surface area contributed by atoms with Gasteiger partial charge in [0.1, 0.15) is 11.6 Å². The Hall–Kier alpha value is -1.98. The van der Waals surface area contributed by atoms with Gasteiger partial charge in [0, 0.05) is 26.2 Å². The van der Waals surface area contributed by atoms with Crippen LogP contribution in [0.4, 0.5) is 17.3 Å². The van der Waals surface area contributed by atoms with E-state index in [4.69, 9.17) is 11.5 Å². The number of nitrogens with zero attached hydrogens (tertiary/aromatic N) is 3. The minimum atomic E-state index is 0.0766. The van der Waals surface area contributed by atoms with E-state index < -0.39 is 0 Å². The molecule has 0 unspecified atom stereocenters. The average Bonchev–Trinajstić information content (AvgIpc) is 3.06. The quantitative estimate of drug-likeness (QED) is 0.862. The van der Waals surface area contributed by atoms with Crippen molar-refractivity contribution in [3.63, 3.8) is 0 Å². The molecule has 3 rings (SSSR count). The number of hydrogen-bond acceptors (Lipinski definition) is 5. The van der Waals surface area contributed by atoms with E-state index in [1.54, 1.807) is 0 Å². The summed E-state index contributed by atoms with van der Waals surface area (Å²) in [5.74, 6) is 1.60. The molecule has 4 N–H and O–H groups in total. The van der Waals surface area contributed by atoms with Crippen LogP contribution in [0.3, 0.4) is 0 Å². The number of nitrogen functional groups attached to an aromatic ring is 2. The minimum Gasteiger partial charge on any atom is -0.396 e. The van der Waals surface area contributed by atoms with E-state index in [9.17, 15) is 4.79 Å². The average molecular weight is 303 g/mol. The van der Waals surface area contributed by atoms with Crippen LogP contribution in [0.2, 0.25) is 0 Å². The predicted octanol–water partition coefficient (Wildman–Crippen LogP) is 1.39. The second-order valence-electron chi connectivity index (χ2n) is 6.41. The molecular formula is C16H25N5O. The zero-order chi connectivity index (χ0) is 15.7. The van der Waals surface area contributed by atoms with Crippen LogP contribution in [0.25, 0.3) is 0 Å². The number of aromatic nitrogens is 1. The fourth-order valence-electron chi connectivity index (χ4n) is 3.43. The molecule has 2 aliphatic heterocycles. The summed E-state index contributed by atoms with van der Waals surface area (Å²) in [5, 5.41) is 0. The van der Waals surface area contributed by atoms with Crippen LogP contribution in [-0.2, 0) is 4.79 Å². The molecule has 0 saturated carbocycles. The van der Waals surface area contributed by atoms with Crippen LogP contribution >= 0.6 is 0 Å². The van der Waals surface area contributed by atoms with Crippen molar-refractivity contribution in [2.45, 2.75) is 32.6 Å². The van der Waals surface area contributed by atoms with Crippen molar-refractivity contribution in [2.75, 3.05) is 42.5 Å².